The lowest BCUT2D eigenvalue weighted by atomic mass is 10.0. The third-order valence-electron chi connectivity index (χ3n) is 4.72. The lowest BCUT2D eigenvalue weighted by Crippen LogP contribution is -2.56. The molecule has 0 aromatic rings. The fourth-order valence-electron chi connectivity index (χ4n) is 3.17. The Labute approximate surface area is 114 Å². The third kappa shape index (κ3) is 4.55. The normalized spacial score (nSPS) is 29.7. The maximum Gasteiger partial charge on any atom is 0.0224 e. The molecular formula is C16H32N2. The minimum absolute atomic E-state index is 0.746. The first-order chi connectivity index (χ1) is 8.81. The number of unbranched alkanes of at least 4 members (excludes halogenated alkanes) is 5. The largest absolute Gasteiger partial charge is 0.311 e. The fourth-order valence-corrected chi connectivity index (χ4v) is 3.17. The maximum atomic E-state index is 3.74. The van der Waals surface area contributed by atoms with Gasteiger partial charge in [0.15, 0.2) is 0 Å². The summed E-state index contributed by atoms with van der Waals surface area (Å²) in [6, 6.07) is 1.55. The van der Waals surface area contributed by atoms with Crippen molar-refractivity contribution >= 4 is 0 Å². The summed E-state index contributed by atoms with van der Waals surface area (Å²) in [6.45, 7) is 8.52. The van der Waals surface area contributed by atoms with E-state index >= 15 is 0 Å². The number of nitrogens with zero attached hydrogens (tertiary/aromatic N) is 1. The van der Waals surface area contributed by atoms with E-state index < -0.39 is 0 Å². The van der Waals surface area contributed by atoms with Crippen LogP contribution in [0.2, 0.25) is 0 Å². The van der Waals surface area contributed by atoms with E-state index in [4.69, 9.17) is 0 Å². The van der Waals surface area contributed by atoms with E-state index in [2.05, 4.69) is 24.1 Å². The molecule has 106 valence electrons. The van der Waals surface area contributed by atoms with E-state index in [0.29, 0.717) is 0 Å². The first kappa shape index (κ1) is 14.3. The monoisotopic (exact) mass is 252 g/mol. The quantitative estimate of drug-likeness (QED) is 0.666. The topological polar surface area (TPSA) is 15.3 Å². The van der Waals surface area contributed by atoms with Crippen molar-refractivity contribution < 1.29 is 0 Å². The number of nitrogens with one attached hydrogen (secondary N) is 1. The van der Waals surface area contributed by atoms with Crippen LogP contribution in [0.1, 0.15) is 65.2 Å². The van der Waals surface area contributed by atoms with Crippen LogP contribution in [0.15, 0.2) is 0 Å². The number of hydrogen-bond donors (Lipinski definition) is 1. The summed E-state index contributed by atoms with van der Waals surface area (Å²) >= 11 is 0. The van der Waals surface area contributed by atoms with Crippen LogP contribution in [-0.4, -0.2) is 36.6 Å². The van der Waals surface area contributed by atoms with Crippen molar-refractivity contribution in [2.45, 2.75) is 77.3 Å². The molecule has 2 fully saturated rings. The van der Waals surface area contributed by atoms with Gasteiger partial charge in [-0.25, -0.2) is 0 Å². The molecule has 2 rings (SSSR count). The Kier molecular flexibility index (Phi) is 5.97. The van der Waals surface area contributed by atoms with Crippen LogP contribution in [0.3, 0.4) is 0 Å². The summed E-state index contributed by atoms with van der Waals surface area (Å²) in [7, 11) is 0. The van der Waals surface area contributed by atoms with Crippen LogP contribution >= 0.6 is 0 Å². The number of hydrogen-bond acceptors (Lipinski definition) is 2. The summed E-state index contributed by atoms with van der Waals surface area (Å²) < 4.78 is 0. The van der Waals surface area contributed by atoms with Crippen molar-refractivity contribution in [2.24, 2.45) is 5.92 Å². The van der Waals surface area contributed by atoms with E-state index in [-0.39, 0.29) is 0 Å². The van der Waals surface area contributed by atoms with Crippen molar-refractivity contribution in [1.82, 2.24) is 10.2 Å². The van der Waals surface area contributed by atoms with Gasteiger partial charge in [0.1, 0.15) is 0 Å². The number of piperazine rings is 1. The summed E-state index contributed by atoms with van der Waals surface area (Å²) in [5, 5.41) is 3.74. The molecule has 2 aliphatic rings. The van der Waals surface area contributed by atoms with E-state index in [9.17, 15) is 0 Å². The lowest BCUT2D eigenvalue weighted by Gasteiger charge is -2.39. The first-order valence-electron chi connectivity index (χ1n) is 8.28. The molecule has 2 atom stereocenters. The highest BCUT2D eigenvalue weighted by Gasteiger charge is 2.35. The van der Waals surface area contributed by atoms with Gasteiger partial charge in [-0.1, -0.05) is 39.0 Å². The van der Waals surface area contributed by atoms with Gasteiger partial charge in [0.25, 0.3) is 0 Å². The number of rotatable bonds is 8. The van der Waals surface area contributed by atoms with Gasteiger partial charge in [0.2, 0.25) is 0 Å². The SMILES string of the molecule is CCCCCCCCN1CC(C2CC2)NCC1C. The van der Waals surface area contributed by atoms with Crippen molar-refractivity contribution in [3.05, 3.63) is 0 Å². The first-order valence-corrected chi connectivity index (χ1v) is 8.28. The van der Waals surface area contributed by atoms with E-state index in [0.717, 1.165) is 18.0 Å². The van der Waals surface area contributed by atoms with Crippen molar-refractivity contribution in [3.8, 4) is 0 Å². The van der Waals surface area contributed by atoms with Gasteiger partial charge < -0.3 is 5.32 Å². The smallest absolute Gasteiger partial charge is 0.0224 e. The molecule has 2 unspecified atom stereocenters. The molecule has 1 saturated carbocycles. The Balaban J connectivity index is 1.58. The van der Waals surface area contributed by atoms with Crippen LogP contribution in [0.5, 0.6) is 0 Å². The molecule has 0 aromatic heterocycles. The molecule has 0 bridgehead atoms. The highest BCUT2D eigenvalue weighted by Crippen LogP contribution is 2.34. The van der Waals surface area contributed by atoms with Gasteiger partial charge in [-0.15, -0.1) is 0 Å². The second kappa shape index (κ2) is 7.49. The molecule has 2 heteroatoms. The van der Waals surface area contributed by atoms with Crippen molar-refractivity contribution in [1.29, 1.82) is 0 Å². The highest BCUT2D eigenvalue weighted by molar-refractivity contribution is 4.93. The molecule has 1 N–H and O–H groups in total. The molecule has 2 nitrogen and oxygen atoms in total. The van der Waals surface area contributed by atoms with Gasteiger partial charge in [0.05, 0.1) is 0 Å². The van der Waals surface area contributed by atoms with Crippen LogP contribution in [0, 0.1) is 5.92 Å². The van der Waals surface area contributed by atoms with E-state index in [1.165, 1.54) is 71.0 Å². The molecular weight excluding hydrogens is 220 g/mol. The molecule has 1 aliphatic carbocycles. The Bertz CT molecular complexity index is 225. The zero-order valence-corrected chi connectivity index (χ0v) is 12.5. The van der Waals surface area contributed by atoms with E-state index in [1.54, 1.807) is 0 Å². The minimum Gasteiger partial charge on any atom is -0.311 e. The van der Waals surface area contributed by atoms with Crippen LogP contribution in [-0.2, 0) is 0 Å². The maximum absolute atomic E-state index is 3.74. The predicted molar refractivity (Wildman–Crippen MR) is 78.9 cm³/mol. The van der Waals surface area contributed by atoms with Crippen LogP contribution in [0.4, 0.5) is 0 Å². The minimum atomic E-state index is 0.746. The van der Waals surface area contributed by atoms with Crippen LogP contribution < -0.4 is 5.32 Å². The van der Waals surface area contributed by atoms with E-state index in [1.807, 2.05) is 0 Å². The molecule has 1 heterocycles. The highest BCUT2D eigenvalue weighted by atomic mass is 15.2. The van der Waals surface area contributed by atoms with Gasteiger partial charge in [-0.2, -0.15) is 0 Å². The molecule has 18 heavy (non-hydrogen) atoms. The second-order valence-corrected chi connectivity index (χ2v) is 6.46. The third-order valence-corrected chi connectivity index (χ3v) is 4.72. The summed E-state index contributed by atoms with van der Waals surface area (Å²) in [4.78, 5) is 2.74. The zero-order valence-electron chi connectivity index (χ0n) is 12.5. The molecule has 0 spiro atoms. The summed E-state index contributed by atoms with van der Waals surface area (Å²) in [5.41, 5.74) is 0. The summed E-state index contributed by atoms with van der Waals surface area (Å²) in [6.07, 6.45) is 11.5. The van der Waals surface area contributed by atoms with Gasteiger partial charge in [-0.05, 0) is 38.6 Å². The average molecular weight is 252 g/mol. The van der Waals surface area contributed by atoms with Gasteiger partial charge >= 0.3 is 0 Å². The van der Waals surface area contributed by atoms with Crippen LogP contribution in [0.25, 0.3) is 0 Å². The van der Waals surface area contributed by atoms with Crippen molar-refractivity contribution in [2.75, 3.05) is 19.6 Å². The lowest BCUT2D eigenvalue weighted by molar-refractivity contribution is 0.130. The molecule has 0 radical (unpaired) electrons. The molecule has 0 aromatic carbocycles. The summed E-state index contributed by atoms with van der Waals surface area (Å²) in [5.74, 6) is 1.00. The Morgan fingerprint density at radius 3 is 2.50 bits per heavy atom. The predicted octanol–water partition coefficient (Wildman–Crippen LogP) is 3.42. The Morgan fingerprint density at radius 1 is 1.06 bits per heavy atom. The fraction of sp³-hybridized carbons (Fsp3) is 1.00. The Hall–Kier alpha value is -0.0800. The molecule has 0 amide bonds. The van der Waals surface area contributed by atoms with Crippen molar-refractivity contribution in [3.63, 3.8) is 0 Å². The average Bonchev–Trinajstić information content (AvgIpc) is 3.20. The van der Waals surface area contributed by atoms with Gasteiger partial charge in [-0.3, -0.25) is 4.90 Å². The Morgan fingerprint density at radius 2 is 1.78 bits per heavy atom. The standard InChI is InChI=1S/C16H32N2/c1-3-4-5-6-7-8-11-18-13-16(15-9-10-15)17-12-14(18)2/h14-17H,3-13H2,1-2H3. The molecule has 1 aliphatic heterocycles. The zero-order chi connectivity index (χ0) is 12.8. The molecule has 1 saturated heterocycles. The second-order valence-electron chi connectivity index (χ2n) is 6.46. The van der Waals surface area contributed by atoms with Gasteiger partial charge in [0, 0.05) is 25.2 Å².